The third-order valence-corrected chi connectivity index (χ3v) is 3.32. The van der Waals surface area contributed by atoms with Crippen LogP contribution in [-0.2, 0) is 4.79 Å². The summed E-state index contributed by atoms with van der Waals surface area (Å²) >= 11 is 0. The molecule has 0 saturated heterocycles. The highest BCUT2D eigenvalue weighted by atomic mass is 16.4. The molecule has 1 aliphatic carbocycles. The van der Waals surface area contributed by atoms with Crippen LogP contribution in [0.25, 0.3) is 0 Å². The minimum Gasteiger partial charge on any atom is -0.478 e. The average molecular weight is 247 g/mol. The number of hydrogen-bond donors (Lipinski definition) is 2. The van der Waals surface area contributed by atoms with Gasteiger partial charge in [-0.05, 0) is 25.7 Å². The average Bonchev–Trinajstić information content (AvgIpc) is 3.05. The molecule has 0 amide bonds. The minimum absolute atomic E-state index is 0.190. The topological polar surface area (TPSA) is 81.3 Å². The van der Waals surface area contributed by atoms with Crippen molar-refractivity contribution in [1.29, 1.82) is 5.26 Å². The number of rotatable bonds is 3. The summed E-state index contributed by atoms with van der Waals surface area (Å²) in [4.78, 5) is 10.5. The Hall–Kier alpha value is -1.78. The van der Waals surface area contributed by atoms with Gasteiger partial charge in [0.15, 0.2) is 0 Å². The molecule has 0 unspecified atom stereocenters. The highest BCUT2D eigenvalue weighted by Gasteiger charge is 2.60. The second-order valence-electron chi connectivity index (χ2n) is 5.03. The van der Waals surface area contributed by atoms with Crippen molar-refractivity contribution in [3.8, 4) is 17.9 Å². The van der Waals surface area contributed by atoms with Crippen molar-refractivity contribution in [2.24, 2.45) is 11.3 Å². The van der Waals surface area contributed by atoms with Gasteiger partial charge in [-0.2, -0.15) is 5.26 Å². The second kappa shape index (κ2) is 4.84. The number of nitrogens with zero attached hydrogens (tertiary/aromatic N) is 1. The molecule has 0 aromatic rings. The third-order valence-electron chi connectivity index (χ3n) is 3.32. The maximum atomic E-state index is 10.6. The molecule has 1 fully saturated rings. The van der Waals surface area contributed by atoms with Crippen molar-refractivity contribution in [3.63, 3.8) is 0 Å². The Bertz CT molecular complexity index is 483. The van der Waals surface area contributed by atoms with Gasteiger partial charge in [0.2, 0.25) is 0 Å². The Kier molecular flexibility index (Phi) is 3.84. The number of hydrogen-bond acceptors (Lipinski definition) is 3. The lowest BCUT2D eigenvalue weighted by Gasteiger charge is -2.31. The van der Waals surface area contributed by atoms with Gasteiger partial charge in [-0.25, -0.2) is 4.79 Å². The fraction of sp³-hybridized carbons (Fsp3) is 0.571. The zero-order valence-electron chi connectivity index (χ0n) is 10.8. The number of carboxylic acids is 1. The first-order valence-electron chi connectivity index (χ1n) is 5.85. The summed E-state index contributed by atoms with van der Waals surface area (Å²) in [5.74, 6) is 4.09. The molecule has 0 radical (unpaired) electrons. The summed E-state index contributed by atoms with van der Waals surface area (Å²) in [6.45, 7) is 5.18. The van der Waals surface area contributed by atoms with Crippen LogP contribution in [0.4, 0.5) is 0 Å². The second-order valence-corrected chi connectivity index (χ2v) is 5.03. The SMILES string of the molecule is C/C(C#C[C@@](O)(C(C)C)C1(C#N)CC1)=C/C(=O)O. The van der Waals surface area contributed by atoms with Crippen molar-refractivity contribution in [1.82, 2.24) is 0 Å². The Morgan fingerprint density at radius 1 is 1.50 bits per heavy atom. The summed E-state index contributed by atoms with van der Waals surface area (Å²) in [6.07, 6.45) is 2.25. The highest BCUT2D eigenvalue weighted by molar-refractivity contribution is 5.81. The Labute approximate surface area is 107 Å². The van der Waals surface area contributed by atoms with Crippen LogP contribution in [0, 0.1) is 34.5 Å². The number of aliphatic carboxylic acids is 1. The molecule has 0 bridgehead atoms. The largest absolute Gasteiger partial charge is 0.478 e. The predicted molar refractivity (Wildman–Crippen MR) is 66.2 cm³/mol. The first kappa shape index (κ1) is 14.3. The van der Waals surface area contributed by atoms with Gasteiger partial charge in [0.05, 0.1) is 11.5 Å². The molecular formula is C14H17NO3. The van der Waals surface area contributed by atoms with Gasteiger partial charge in [-0.1, -0.05) is 25.7 Å². The van der Waals surface area contributed by atoms with Gasteiger partial charge >= 0.3 is 5.97 Å². The lowest BCUT2D eigenvalue weighted by Crippen LogP contribution is -2.42. The van der Waals surface area contributed by atoms with E-state index in [-0.39, 0.29) is 5.92 Å². The molecule has 1 saturated carbocycles. The van der Waals surface area contributed by atoms with Crippen molar-refractivity contribution < 1.29 is 15.0 Å². The Morgan fingerprint density at radius 3 is 2.39 bits per heavy atom. The van der Waals surface area contributed by atoms with Gasteiger partial charge < -0.3 is 10.2 Å². The standard InChI is InChI=1S/C14H17NO3/c1-10(2)14(18,13(9-15)6-7-13)5-4-11(3)8-12(16)17/h8,10,18H,6-7H2,1-3H3,(H,16,17)/b11-8-/t14-/m1/s1. The van der Waals surface area contributed by atoms with Crippen molar-refractivity contribution in [2.75, 3.05) is 0 Å². The molecule has 4 nitrogen and oxygen atoms in total. The minimum atomic E-state index is -1.38. The molecule has 4 heteroatoms. The normalized spacial score (nSPS) is 20.3. The van der Waals surface area contributed by atoms with Crippen LogP contribution >= 0.6 is 0 Å². The molecule has 1 aliphatic rings. The number of nitriles is 1. The van der Waals surface area contributed by atoms with E-state index in [9.17, 15) is 9.90 Å². The number of carboxylic acid groups (broad SMARTS) is 1. The van der Waals surface area contributed by atoms with Crippen LogP contribution in [0.2, 0.25) is 0 Å². The van der Waals surface area contributed by atoms with E-state index in [1.165, 1.54) is 0 Å². The fourth-order valence-electron chi connectivity index (χ4n) is 1.93. The van der Waals surface area contributed by atoms with Gasteiger partial charge in [0.1, 0.15) is 5.60 Å². The fourth-order valence-corrected chi connectivity index (χ4v) is 1.93. The van der Waals surface area contributed by atoms with Crippen LogP contribution < -0.4 is 0 Å². The van der Waals surface area contributed by atoms with E-state index in [2.05, 4.69) is 17.9 Å². The molecule has 0 spiro atoms. The molecule has 0 aromatic carbocycles. The monoisotopic (exact) mass is 247 g/mol. The van der Waals surface area contributed by atoms with Gasteiger partial charge in [-0.15, -0.1) is 0 Å². The first-order chi connectivity index (χ1) is 8.27. The summed E-state index contributed by atoms with van der Waals surface area (Å²) in [6, 6.07) is 2.15. The quantitative estimate of drug-likeness (QED) is 0.587. The maximum absolute atomic E-state index is 10.6. The molecule has 1 atom stereocenters. The van der Waals surface area contributed by atoms with Crippen LogP contribution in [0.5, 0.6) is 0 Å². The van der Waals surface area contributed by atoms with E-state index in [0.29, 0.717) is 18.4 Å². The highest BCUT2D eigenvalue weighted by Crippen LogP contribution is 2.56. The number of carbonyl (C=O) groups is 1. The van der Waals surface area contributed by atoms with E-state index >= 15 is 0 Å². The first-order valence-corrected chi connectivity index (χ1v) is 5.85. The molecule has 96 valence electrons. The van der Waals surface area contributed by atoms with Crippen LogP contribution in [-0.4, -0.2) is 21.8 Å². The zero-order valence-corrected chi connectivity index (χ0v) is 10.8. The van der Waals surface area contributed by atoms with Crippen LogP contribution in [0.1, 0.15) is 33.6 Å². The molecule has 0 heterocycles. The van der Waals surface area contributed by atoms with E-state index in [0.717, 1.165) is 6.08 Å². The Morgan fingerprint density at radius 2 is 2.06 bits per heavy atom. The predicted octanol–water partition coefficient (Wildman–Crippen LogP) is 1.71. The summed E-state index contributed by atoms with van der Waals surface area (Å²) in [5, 5.41) is 28.3. The molecule has 2 N–H and O–H groups in total. The van der Waals surface area contributed by atoms with Crippen LogP contribution in [0.15, 0.2) is 11.6 Å². The summed E-state index contributed by atoms with van der Waals surface area (Å²) < 4.78 is 0. The van der Waals surface area contributed by atoms with Crippen molar-refractivity contribution in [2.45, 2.75) is 39.2 Å². The molecular weight excluding hydrogens is 230 g/mol. The van der Waals surface area contributed by atoms with Crippen molar-refractivity contribution >= 4 is 5.97 Å². The maximum Gasteiger partial charge on any atom is 0.329 e. The zero-order chi connectivity index (χ0) is 14.0. The lowest BCUT2D eigenvalue weighted by molar-refractivity contribution is -0.131. The van der Waals surface area contributed by atoms with Gasteiger partial charge in [-0.3, -0.25) is 0 Å². The van der Waals surface area contributed by atoms with E-state index in [1.54, 1.807) is 6.92 Å². The Balaban J connectivity index is 3.08. The van der Waals surface area contributed by atoms with Gasteiger partial charge in [0, 0.05) is 11.6 Å². The molecule has 18 heavy (non-hydrogen) atoms. The van der Waals surface area contributed by atoms with E-state index < -0.39 is 17.0 Å². The molecule has 0 aromatic heterocycles. The van der Waals surface area contributed by atoms with Crippen LogP contribution in [0.3, 0.4) is 0 Å². The van der Waals surface area contributed by atoms with E-state index in [1.807, 2.05) is 13.8 Å². The number of allylic oxidation sites excluding steroid dienone is 1. The van der Waals surface area contributed by atoms with E-state index in [4.69, 9.17) is 10.4 Å². The smallest absolute Gasteiger partial charge is 0.329 e. The van der Waals surface area contributed by atoms with Gasteiger partial charge in [0.25, 0.3) is 0 Å². The number of aliphatic hydroxyl groups is 1. The summed E-state index contributed by atoms with van der Waals surface area (Å²) in [7, 11) is 0. The third kappa shape index (κ3) is 2.55. The lowest BCUT2D eigenvalue weighted by atomic mass is 9.77. The van der Waals surface area contributed by atoms with Crippen molar-refractivity contribution in [3.05, 3.63) is 11.6 Å². The molecule has 0 aliphatic heterocycles. The summed E-state index contributed by atoms with van der Waals surface area (Å²) in [5.41, 5.74) is -1.82. The molecule has 1 rings (SSSR count).